The zero-order chi connectivity index (χ0) is 101. The molecule has 0 unspecified atom stereocenters. The number of benzene rings is 3. The van der Waals surface area contributed by atoms with Crippen LogP contribution in [-0.4, -0.2) is 164 Å². The molecule has 138 heavy (non-hydrogen) atoms. The Labute approximate surface area is 830 Å². The van der Waals surface area contributed by atoms with Crippen LogP contribution < -0.4 is 0 Å². The van der Waals surface area contributed by atoms with Crippen molar-refractivity contribution in [2.24, 2.45) is 97.7 Å². The summed E-state index contributed by atoms with van der Waals surface area (Å²) in [5.74, 6) is 6.45. The van der Waals surface area contributed by atoms with E-state index in [2.05, 4.69) is 135 Å². The van der Waals surface area contributed by atoms with E-state index in [1.54, 1.807) is 94.7 Å². The first-order valence-electron chi connectivity index (χ1n) is 52.3. The summed E-state index contributed by atoms with van der Waals surface area (Å²) in [6.45, 7) is 42.2. The molecule has 0 spiro atoms. The van der Waals surface area contributed by atoms with E-state index in [4.69, 9.17) is 0 Å². The zero-order valence-electron chi connectivity index (χ0n) is 85.5. The highest BCUT2D eigenvalue weighted by Gasteiger charge is 2.55. The number of aryl methyl sites for hydroxylation is 1. The predicted molar refractivity (Wildman–Crippen MR) is 561 cm³/mol. The molecule has 15 rings (SSSR count). The Balaban J connectivity index is 0.000000165. The van der Waals surface area contributed by atoms with E-state index >= 15 is 0 Å². The van der Waals surface area contributed by atoms with Crippen LogP contribution in [-0.2, 0) is 39.3 Å². The molecule has 0 radical (unpaired) electrons. The minimum Gasteiger partial charge on any atom is -0.393 e. The molecule has 3 aromatic carbocycles. The number of nitrogens with zero attached hydrogens (tertiary/aromatic N) is 1. The molecular formula is C117H169NO16S4. The van der Waals surface area contributed by atoms with Crippen LogP contribution in [0.15, 0.2) is 240 Å². The summed E-state index contributed by atoms with van der Waals surface area (Å²) in [6, 6.07) is 23.0. The molecule has 12 fully saturated rings. The lowest BCUT2D eigenvalue weighted by Crippen LogP contribution is -2.37. The molecule has 24 atom stereocenters. The quantitative estimate of drug-likeness (QED) is 0.0387. The van der Waals surface area contributed by atoms with Crippen molar-refractivity contribution < 1.29 is 74.5 Å². The molecule has 12 saturated carbocycles. The van der Waals surface area contributed by atoms with Crippen molar-refractivity contribution >= 4 is 45.6 Å². The van der Waals surface area contributed by atoms with Gasteiger partial charge in [-0.1, -0.05) is 201 Å². The van der Waals surface area contributed by atoms with Gasteiger partial charge in [0.05, 0.1) is 91.3 Å². The van der Waals surface area contributed by atoms with Crippen molar-refractivity contribution in [2.75, 3.05) is 30.1 Å². The van der Waals surface area contributed by atoms with E-state index < -0.39 is 92.9 Å². The summed E-state index contributed by atoms with van der Waals surface area (Å²) in [5.41, 5.74) is 15.4. The summed E-state index contributed by atoms with van der Waals surface area (Å²) in [5, 5.41) is 80.9. The standard InChI is InChI=1S/C31H43NO4S.C30H42O4S.C29H40O4S.C27H44O4S/c1-21(15-17-37(35,36)27-11-7-23(8-12-27)20-32-4)28-13-14-29-24(6-5-16-31(28,29)3)9-10-25-18-26(33)19-30(34)22(25)2;1-20-7-11-26(12-8-20)35(33,34)17-15-21(2)27-13-14-28-23(6-5-16-30(27,28)4)9-10-24-18-25(31)19-29(32)22(24)3;1-20(15-17-34(32,33)25-9-5-4-6-10-25)26-13-14-27-22(8-7-16-29(26,27)3)11-12-23-18-24(30)19-28(31)21(23)2;1-18(13-15-32(30,31)26(3,4)5)23-11-12-24-20(8-7-14-27(23,24)6)9-10-21-16-22(28)17-25(29)19(21)2/h7-12,20-21,26,28-30,33-34H,2,5-6,13-19H2,1,3-4H3;7-12,21,25,27-29,31-32H,3,5-6,13-19H2,1-2,4H3;4-6,9-12,20,24,26-28,30-31H,2,7-8,13-19H2,1,3H3;9-10,18,22-25,28-29H,2,7-8,11-17H2,1,3-6H3/b24-9+,25-10-,32-20?;23-9+,24-10-;22-11+,23-12-;20-9+,21-10-/t21-,26-,28-,29+,30+,31-;21-,25-,27-,28+,29+,30-;20-,24-,26-,27+,28+,29-;18-,22-,23-,24+,25+,27-/m1111/s1. The molecule has 3 aromatic rings. The first kappa shape index (κ1) is 110. The van der Waals surface area contributed by atoms with Gasteiger partial charge in [0.25, 0.3) is 0 Å². The second-order valence-electron chi connectivity index (χ2n) is 46.2. The molecule has 0 aliphatic heterocycles. The molecule has 0 amide bonds. The van der Waals surface area contributed by atoms with E-state index in [1.165, 1.54) is 54.4 Å². The van der Waals surface area contributed by atoms with Crippen LogP contribution in [0, 0.1) is 99.6 Å². The van der Waals surface area contributed by atoms with Gasteiger partial charge in [0.15, 0.2) is 39.3 Å². The minimum absolute atomic E-state index is 0.175. The van der Waals surface area contributed by atoms with Gasteiger partial charge in [0.2, 0.25) is 0 Å². The molecule has 0 saturated heterocycles. The Kier molecular flexibility index (Phi) is 37.1. The number of aliphatic imine (C=N–C) groups is 1. The zero-order valence-corrected chi connectivity index (χ0v) is 88.7. The Morgan fingerprint density at radius 3 is 0.884 bits per heavy atom. The average molecular weight is 1970 g/mol. The van der Waals surface area contributed by atoms with Crippen molar-refractivity contribution in [1.29, 1.82) is 0 Å². The average Bonchev–Trinajstić information content (AvgIpc) is 1.61. The number of rotatable bonds is 24. The van der Waals surface area contributed by atoms with E-state index in [0.29, 0.717) is 156 Å². The van der Waals surface area contributed by atoms with Gasteiger partial charge < -0.3 is 40.9 Å². The Bertz CT molecular complexity index is 5570. The van der Waals surface area contributed by atoms with Crippen LogP contribution in [0.4, 0.5) is 0 Å². The molecule has 0 aromatic heterocycles. The first-order valence-corrected chi connectivity index (χ1v) is 58.9. The van der Waals surface area contributed by atoms with Gasteiger partial charge in [-0.3, -0.25) is 4.99 Å². The van der Waals surface area contributed by atoms with Crippen molar-refractivity contribution in [2.45, 2.75) is 357 Å². The maximum absolute atomic E-state index is 13.1. The lowest BCUT2D eigenvalue weighted by atomic mass is 9.61. The fourth-order valence-electron chi connectivity index (χ4n) is 27.8. The van der Waals surface area contributed by atoms with Gasteiger partial charge in [-0.25, -0.2) is 33.7 Å². The van der Waals surface area contributed by atoms with Crippen molar-refractivity contribution in [3.05, 3.63) is 232 Å². The van der Waals surface area contributed by atoms with Crippen LogP contribution in [0.2, 0.25) is 0 Å². The maximum atomic E-state index is 13.1. The molecular weight excluding hydrogens is 1800 g/mol. The number of allylic oxidation sites excluding steroid dienone is 12. The summed E-state index contributed by atoms with van der Waals surface area (Å²) < 4.78 is 102. The van der Waals surface area contributed by atoms with Crippen LogP contribution in [0.3, 0.4) is 0 Å². The van der Waals surface area contributed by atoms with Crippen molar-refractivity contribution in [3.63, 3.8) is 0 Å². The molecule has 21 heteroatoms. The minimum atomic E-state index is -3.32. The van der Waals surface area contributed by atoms with Crippen molar-refractivity contribution in [3.8, 4) is 0 Å². The predicted octanol–water partition coefficient (Wildman–Crippen LogP) is 22.6. The molecule has 8 N–H and O–H groups in total. The van der Waals surface area contributed by atoms with E-state index in [1.807, 2.05) is 25.1 Å². The number of aliphatic hydroxyl groups excluding tert-OH is 8. The van der Waals surface area contributed by atoms with Crippen LogP contribution in [0.1, 0.15) is 293 Å². The van der Waals surface area contributed by atoms with Gasteiger partial charge in [0, 0.05) is 38.9 Å². The third kappa shape index (κ3) is 26.0. The highest BCUT2D eigenvalue weighted by atomic mass is 32.2. The summed E-state index contributed by atoms with van der Waals surface area (Å²) >= 11 is 0. The van der Waals surface area contributed by atoms with Crippen molar-refractivity contribution in [1.82, 2.24) is 0 Å². The second-order valence-corrected chi connectivity index (χ2v) is 55.4. The highest BCUT2D eigenvalue weighted by Crippen LogP contribution is 2.64. The molecule has 17 nitrogen and oxygen atoms in total. The smallest absolute Gasteiger partial charge is 0.178 e. The molecule has 12 aliphatic rings. The van der Waals surface area contributed by atoms with Gasteiger partial charge in [-0.2, -0.15) is 0 Å². The van der Waals surface area contributed by atoms with E-state index in [9.17, 15) is 74.5 Å². The summed E-state index contributed by atoms with van der Waals surface area (Å²) in [6.07, 6.45) is 43.7. The maximum Gasteiger partial charge on any atom is 0.178 e. The van der Waals surface area contributed by atoms with Crippen LogP contribution in [0.5, 0.6) is 0 Å². The van der Waals surface area contributed by atoms with Crippen LogP contribution >= 0.6 is 0 Å². The molecule has 0 bridgehead atoms. The number of sulfone groups is 4. The topological polar surface area (TPSA) is 311 Å². The Hall–Kier alpha value is -6.31. The number of fused-ring (bicyclic) bond motifs is 4. The normalized spacial score (nSPS) is 35.4. The fraction of sp³-hybridized carbons (Fsp3) is 0.632. The fourth-order valence-corrected chi connectivity index (χ4v) is 33.6. The molecule has 0 heterocycles. The van der Waals surface area contributed by atoms with Gasteiger partial charge in [0.1, 0.15) is 0 Å². The lowest BCUT2D eigenvalue weighted by molar-refractivity contribution is 0.0855. The number of hydrogen-bond acceptors (Lipinski definition) is 17. The van der Waals surface area contributed by atoms with E-state index in [-0.39, 0.29) is 44.7 Å². The Morgan fingerprint density at radius 2 is 0.623 bits per heavy atom. The first-order chi connectivity index (χ1) is 64.9. The van der Waals surface area contributed by atoms with Crippen LogP contribution in [0.25, 0.3) is 0 Å². The summed E-state index contributed by atoms with van der Waals surface area (Å²) in [7, 11) is -11.2. The SMILES string of the molecule is C=C1/C(=C\C=C2/CCC[C@]3(C)[C@@H]([C@H](C)CCS(=O)(=O)C(C)(C)C)CC[C@@H]23)C[C@@H](O)C[C@@H]1O.C=C1/C(=C\C=C2/CCC[C@]3(C)[C@@H]([C@H](C)CCS(=O)(=O)c4ccc(C)cc4)CC[C@@H]23)C[C@@H](O)C[C@@H]1O.C=C1/C(=C\C=C2/CCC[C@]3(C)[C@@H]([C@H](C)CCS(=O)(=O)c4ccc(C=NC)cc4)CC[C@@H]23)C[C@@H](O)C[C@@H]1O.C=C1/C(=C\C=C2/CCC[C@]3(C)[C@@H]([C@H](C)CCS(=O)(=O)c4ccccc4)CC[C@@H]23)C[C@@H](O)C[C@@H]1O. The summed E-state index contributed by atoms with van der Waals surface area (Å²) in [4.78, 5) is 5.23. The number of hydrogen-bond donors (Lipinski definition) is 8. The van der Waals surface area contributed by atoms with E-state index in [0.717, 1.165) is 158 Å². The molecule has 12 aliphatic carbocycles. The lowest BCUT2D eigenvalue weighted by Gasteiger charge is -2.44. The second kappa shape index (κ2) is 46.4. The largest absolute Gasteiger partial charge is 0.393 e. The van der Waals surface area contributed by atoms with Gasteiger partial charge in [-0.05, 0) is 387 Å². The third-order valence-corrected chi connectivity index (χ3v) is 44.2. The van der Waals surface area contributed by atoms with Gasteiger partial charge in [-0.15, -0.1) is 0 Å². The highest BCUT2D eigenvalue weighted by molar-refractivity contribution is 7.93. The third-order valence-electron chi connectivity index (χ3n) is 36.3. The number of aliphatic hydroxyl groups is 8. The van der Waals surface area contributed by atoms with Gasteiger partial charge >= 0.3 is 0 Å². The molecule has 762 valence electrons. The monoisotopic (exact) mass is 1970 g/mol. The Morgan fingerprint density at radius 1 is 0.370 bits per heavy atom.